The molecule has 3 amide bonds. The Morgan fingerprint density at radius 1 is 1.06 bits per heavy atom. The van der Waals surface area contributed by atoms with E-state index in [1.54, 1.807) is 4.90 Å². The van der Waals surface area contributed by atoms with Crippen molar-refractivity contribution in [2.75, 3.05) is 33.3 Å². The van der Waals surface area contributed by atoms with Crippen LogP contribution >= 0.6 is 0 Å². The van der Waals surface area contributed by atoms with Crippen molar-refractivity contribution in [2.24, 2.45) is 5.92 Å². The Morgan fingerprint density at radius 2 is 1.82 bits per heavy atom. The van der Waals surface area contributed by atoms with E-state index in [0.717, 1.165) is 18.4 Å². The van der Waals surface area contributed by atoms with Crippen LogP contribution in [-0.4, -0.2) is 60.8 Å². The number of amides is 3. The van der Waals surface area contributed by atoms with Gasteiger partial charge in [0.25, 0.3) is 5.91 Å². The highest BCUT2D eigenvalue weighted by Gasteiger charge is 2.37. The molecule has 2 aromatic carbocycles. The number of benzene rings is 2. The van der Waals surface area contributed by atoms with Gasteiger partial charge in [-0.05, 0) is 43.0 Å². The molecule has 1 saturated carbocycles. The molecule has 1 N–H and O–H groups in total. The highest BCUT2D eigenvalue weighted by molar-refractivity contribution is 5.94. The average molecular weight is 468 g/mol. The van der Waals surface area contributed by atoms with Gasteiger partial charge >= 0.3 is 0 Å². The SMILES string of the molecule is COc1ccc(C(=O)N2CCCN(C(=O)C3CC3)C(c3ccccc3)CC(=O)NCC2)cc1F. The molecule has 2 fully saturated rings. The lowest BCUT2D eigenvalue weighted by atomic mass is 10.0. The predicted molar refractivity (Wildman–Crippen MR) is 125 cm³/mol. The van der Waals surface area contributed by atoms with E-state index in [-0.39, 0.29) is 54.0 Å². The van der Waals surface area contributed by atoms with Crippen LogP contribution in [0.4, 0.5) is 4.39 Å². The summed E-state index contributed by atoms with van der Waals surface area (Å²) in [5, 5.41) is 2.89. The fraction of sp³-hybridized carbons (Fsp3) is 0.423. The van der Waals surface area contributed by atoms with E-state index in [0.29, 0.717) is 26.1 Å². The number of ether oxygens (including phenoxy) is 1. The zero-order valence-electron chi connectivity index (χ0n) is 19.3. The van der Waals surface area contributed by atoms with Crippen molar-refractivity contribution in [1.29, 1.82) is 0 Å². The Labute approximate surface area is 198 Å². The molecule has 2 aliphatic rings. The third-order valence-electron chi connectivity index (χ3n) is 6.37. The van der Waals surface area contributed by atoms with Gasteiger partial charge in [0.2, 0.25) is 11.8 Å². The van der Waals surface area contributed by atoms with Gasteiger partial charge in [-0.2, -0.15) is 0 Å². The molecular weight excluding hydrogens is 437 g/mol. The Bertz CT molecular complexity index is 1040. The number of hydrogen-bond donors (Lipinski definition) is 1. The molecule has 34 heavy (non-hydrogen) atoms. The van der Waals surface area contributed by atoms with Crippen molar-refractivity contribution >= 4 is 17.7 Å². The van der Waals surface area contributed by atoms with Crippen LogP contribution in [0.1, 0.15) is 47.6 Å². The molecule has 1 aliphatic heterocycles. The molecule has 7 nitrogen and oxygen atoms in total. The summed E-state index contributed by atoms with van der Waals surface area (Å²) in [6, 6.07) is 13.4. The van der Waals surface area contributed by atoms with E-state index < -0.39 is 5.82 Å². The lowest BCUT2D eigenvalue weighted by Crippen LogP contribution is -2.39. The molecule has 1 heterocycles. The zero-order chi connectivity index (χ0) is 24.1. The van der Waals surface area contributed by atoms with E-state index in [1.807, 2.05) is 35.2 Å². The molecule has 180 valence electrons. The molecule has 8 heteroatoms. The Hall–Kier alpha value is -3.42. The molecule has 4 rings (SSSR count). The summed E-state index contributed by atoms with van der Waals surface area (Å²) in [6.45, 7) is 1.40. The van der Waals surface area contributed by atoms with Crippen LogP contribution in [0.2, 0.25) is 0 Å². The molecular formula is C26H30FN3O4. The quantitative estimate of drug-likeness (QED) is 0.749. The molecule has 0 bridgehead atoms. The van der Waals surface area contributed by atoms with Crippen molar-refractivity contribution in [2.45, 2.75) is 31.7 Å². The van der Waals surface area contributed by atoms with Crippen LogP contribution in [0.25, 0.3) is 0 Å². The summed E-state index contributed by atoms with van der Waals surface area (Å²) in [5.41, 5.74) is 1.14. The minimum absolute atomic E-state index is 0.0133. The highest BCUT2D eigenvalue weighted by atomic mass is 19.1. The third-order valence-corrected chi connectivity index (χ3v) is 6.37. The smallest absolute Gasteiger partial charge is 0.254 e. The van der Waals surface area contributed by atoms with Gasteiger partial charge < -0.3 is 19.9 Å². The zero-order valence-corrected chi connectivity index (χ0v) is 19.3. The molecule has 2 aromatic rings. The van der Waals surface area contributed by atoms with Crippen LogP contribution in [0.5, 0.6) is 5.75 Å². The van der Waals surface area contributed by atoms with Gasteiger partial charge in [-0.15, -0.1) is 0 Å². The fourth-order valence-corrected chi connectivity index (χ4v) is 4.37. The summed E-state index contributed by atoms with van der Waals surface area (Å²) in [7, 11) is 1.37. The highest BCUT2D eigenvalue weighted by Crippen LogP contribution is 2.35. The Kier molecular flexibility index (Phi) is 7.45. The summed E-state index contributed by atoms with van der Waals surface area (Å²) >= 11 is 0. The Morgan fingerprint density at radius 3 is 2.50 bits per heavy atom. The number of methoxy groups -OCH3 is 1. The number of hydrogen-bond acceptors (Lipinski definition) is 4. The topological polar surface area (TPSA) is 79.0 Å². The first-order valence-electron chi connectivity index (χ1n) is 11.7. The lowest BCUT2D eigenvalue weighted by Gasteiger charge is -2.32. The number of halogens is 1. The van der Waals surface area contributed by atoms with Crippen molar-refractivity contribution in [3.63, 3.8) is 0 Å². The van der Waals surface area contributed by atoms with Gasteiger partial charge in [0.1, 0.15) is 0 Å². The lowest BCUT2D eigenvalue weighted by molar-refractivity contribution is -0.136. The van der Waals surface area contributed by atoms with Crippen LogP contribution < -0.4 is 10.1 Å². The average Bonchev–Trinajstić information content (AvgIpc) is 3.69. The maximum absolute atomic E-state index is 14.2. The van der Waals surface area contributed by atoms with Gasteiger partial charge in [-0.25, -0.2) is 4.39 Å². The van der Waals surface area contributed by atoms with E-state index in [1.165, 1.54) is 25.3 Å². The standard InChI is InChI=1S/C26H30FN3O4/c1-34-23-11-10-20(16-21(23)27)25(32)29-13-5-14-30(26(33)19-8-9-19)22(17-24(31)28-12-15-29)18-6-3-2-4-7-18/h2-4,6-7,10-11,16,19,22H,5,8-9,12-15,17H2,1H3,(H,28,31). The van der Waals surface area contributed by atoms with Gasteiger partial charge in [0.15, 0.2) is 11.6 Å². The van der Waals surface area contributed by atoms with Crippen molar-refractivity contribution in [3.8, 4) is 5.75 Å². The number of nitrogens with zero attached hydrogens (tertiary/aromatic N) is 2. The normalized spacial score (nSPS) is 19.7. The summed E-state index contributed by atoms with van der Waals surface area (Å²) in [4.78, 5) is 42.5. The molecule has 0 aromatic heterocycles. The number of carbonyl (C=O) groups excluding carboxylic acids is 3. The van der Waals surface area contributed by atoms with Crippen LogP contribution in [0.15, 0.2) is 48.5 Å². The summed E-state index contributed by atoms with van der Waals surface area (Å²) < 4.78 is 19.1. The maximum Gasteiger partial charge on any atom is 0.254 e. The number of nitrogens with one attached hydrogen (secondary N) is 1. The van der Waals surface area contributed by atoms with Gasteiger partial charge in [0.05, 0.1) is 19.6 Å². The largest absolute Gasteiger partial charge is 0.494 e. The van der Waals surface area contributed by atoms with E-state index in [2.05, 4.69) is 5.32 Å². The van der Waals surface area contributed by atoms with Crippen LogP contribution in [0.3, 0.4) is 0 Å². The van der Waals surface area contributed by atoms with Crippen molar-refractivity contribution < 1.29 is 23.5 Å². The molecule has 1 atom stereocenters. The molecule has 1 saturated heterocycles. The van der Waals surface area contributed by atoms with E-state index >= 15 is 0 Å². The Balaban J connectivity index is 1.55. The first-order chi connectivity index (χ1) is 16.5. The summed E-state index contributed by atoms with van der Waals surface area (Å²) in [6.07, 6.45) is 2.47. The second-order valence-electron chi connectivity index (χ2n) is 8.78. The maximum atomic E-state index is 14.2. The first-order valence-corrected chi connectivity index (χ1v) is 11.7. The van der Waals surface area contributed by atoms with Gasteiger partial charge in [-0.3, -0.25) is 14.4 Å². The van der Waals surface area contributed by atoms with Crippen molar-refractivity contribution in [1.82, 2.24) is 15.1 Å². The molecule has 1 aliphatic carbocycles. The minimum atomic E-state index is -0.605. The molecule has 1 unspecified atom stereocenters. The third kappa shape index (κ3) is 5.55. The first kappa shape index (κ1) is 23.7. The van der Waals surface area contributed by atoms with Gasteiger partial charge in [0, 0.05) is 37.7 Å². The van der Waals surface area contributed by atoms with Crippen LogP contribution in [0, 0.1) is 11.7 Å². The number of carbonyl (C=O) groups is 3. The van der Waals surface area contributed by atoms with Gasteiger partial charge in [-0.1, -0.05) is 30.3 Å². The monoisotopic (exact) mass is 467 g/mol. The molecule has 0 radical (unpaired) electrons. The second-order valence-corrected chi connectivity index (χ2v) is 8.78. The summed E-state index contributed by atoms with van der Waals surface area (Å²) in [5.74, 6) is -0.953. The number of rotatable bonds is 4. The fourth-order valence-electron chi connectivity index (χ4n) is 4.37. The van der Waals surface area contributed by atoms with Crippen LogP contribution in [-0.2, 0) is 9.59 Å². The minimum Gasteiger partial charge on any atom is -0.494 e. The van der Waals surface area contributed by atoms with Crippen molar-refractivity contribution in [3.05, 3.63) is 65.5 Å². The van der Waals surface area contributed by atoms with E-state index in [4.69, 9.17) is 4.74 Å². The predicted octanol–water partition coefficient (Wildman–Crippen LogP) is 3.17. The second kappa shape index (κ2) is 10.7. The van der Waals surface area contributed by atoms with E-state index in [9.17, 15) is 18.8 Å². The molecule has 0 spiro atoms.